The Morgan fingerprint density at radius 3 is 2.88 bits per heavy atom. The molecule has 0 spiro atoms. The molecule has 1 aliphatic carbocycles. The molecule has 0 amide bonds. The van der Waals surface area contributed by atoms with Gasteiger partial charge in [-0.15, -0.1) is 11.3 Å². The Hall–Kier alpha value is 0.140. The molecule has 1 aromatic rings. The Labute approximate surface area is 117 Å². The van der Waals surface area contributed by atoms with Crippen LogP contribution in [0.4, 0.5) is 0 Å². The summed E-state index contributed by atoms with van der Waals surface area (Å²) in [6, 6.07) is 2.29. The minimum atomic E-state index is 0.872. The number of hydrogen-bond acceptors (Lipinski definition) is 2. The summed E-state index contributed by atoms with van der Waals surface area (Å²) in [6.45, 7) is 3.59. The first-order valence-corrected chi connectivity index (χ1v) is 8.23. The summed E-state index contributed by atoms with van der Waals surface area (Å²) >= 11 is 5.45. The van der Waals surface area contributed by atoms with Gasteiger partial charge in [-0.25, -0.2) is 0 Å². The van der Waals surface area contributed by atoms with E-state index in [1.54, 1.807) is 0 Å². The highest BCUT2D eigenvalue weighted by Crippen LogP contribution is 2.36. The molecule has 1 aliphatic rings. The van der Waals surface area contributed by atoms with Gasteiger partial charge in [0.2, 0.25) is 0 Å². The molecular weight excluding hydrogens is 294 g/mol. The van der Waals surface area contributed by atoms with Gasteiger partial charge in [0.05, 0.1) is 0 Å². The number of rotatable bonds is 4. The third kappa shape index (κ3) is 3.80. The predicted octanol–water partition coefficient (Wildman–Crippen LogP) is 4.32. The molecule has 1 N–H and O–H groups in total. The van der Waals surface area contributed by atoms with Crippen molar-refractivity contribution in [2.45, 2.75) is 32.6 Å². The van der Waals surface area contributed by atoms with E-state index >= 15 is 0 Å². The van der Waals surface area contributed by atoms with Crippen LogP contribution in [0.3, 0.4) is 0 Å². The van der Waals surface area contributed by atoms with E-state index in [9.17, 15) is 0 Å². The lowest BCUT2D eigenvalue weighted by Crippen LogP contribution is -2.32. The normalized spacial score (nSPS) is 29.5. The van der Waals surface area contributed by atoms with E-state index < -0.39 is 0 Å². The maximum absolute atomic E-state index is 3.55. The van der Waals surface area contributed by atoms with Crippen molar-refractivity contribution in [2.75, 3.05) is 13.6 Å². The maximum atomic E-state index is 3.55. The van der Waals surface area contributed by atoms with Crippen molar-refractivity contribution in [3.05, 3.63) is 20.8 Å². The Morgan fingerprint density at radius 1 is 1.41 bits per heavy atom. The van der Waals surface area contributed by atoms with E-state index in [2.05, 4.69) is 46.7 Å². The molecule has 0 radical (unpaired) electrons. The number of halogens is 1. The van der Waals surface area contributed by atoms with Gasteiger partial charge in [0.15, 0.2) is 0 Å². The summed E-state index contributed by atoms with van der Waals surface area (Å²) in [5.41, 5.74) is 0. The fourth-order valence-electron chi connectivity index (χ4n) is 3.06. The third-order valence-electron chi connectivity index (χ3n) is 3.95. The smallest absolute Gasteiger partial charge is 0.0285 e. The topological polar surface area (TPSA) is 12.0 Å². The van der Waals surface area contributed by atoms with Gasteiger partial charge in [0, 0.05) is 14.7 Å². The Bertz CT molecular complexity index is 350. The molecule has 0 bridgehead atoms. The molecule has 3 heteroatoms. The molecule has 0 aromatic carbocycles. The first-order valence-electron chi connectivity index (χ1n) is 6.56. The van der Waals surface area contributed by atoms with Gasteiger partial charge >= 0.3 is 0 Å². The highest BCUT2D eigenvalue weighted by molar-refractivity contribution is 9.10. The SMILES string of the molecule is CNCC1CCC(C)CC1Cc1cc(Br)cs1. The van der Waals surface area contributed by atoms with Crippen LogP contribution in [0.5, 0.6) is 0 Å². The monoisotopic (exact) mass is 315 g/mol. The first-order chi connectivity index (χ1) is 8.19. The molecular formula is C14H22BrNS. The lowest BCUT2D eigenvalue weighted by molar-refractivity contribution is 0.187. The second-order valence-electron chi connectivity index (χ2n) is 5.43. The van der Waals surface area contributed by atoms with Crippen LogP contribution >= 0.6 is 27.3 Å². The third-order valence-corrected chi connectivity index (χ3v) is 5.67. The predicted molar refractivity (Wildman–Crippen MR) is 79.6 cm³/mol. The second kappa shape index (κ2) is 6.35. The fourth-order valence-corrected chi connectivity index (χ4v) is 4.61. The molecule has 0 aliphatic heterocycles. The van der Waals surface area contributed by atoms with E-state index in [4.69, 9.17) is 0 Å². The maximum Gasteiger partial charge on any atom is 0.0285 e. The molecule has 17 heavy (non-hydrogen) atoms. The molecule has 3 unspecified atom stereocenters. The molecule has 1 fully saturated rings. The van der Waals surface area contributed by atoms with Crippen molar-refractivity contribution in [1.29, 1.82) is 0 Å². The minimum absolute atomic E-state index is 0.872. The van der Waals surface area contributed by atoms with Crippen LogP contribution in [-0.2, 0) is 6.42 Å². The lowest BCUT2D eigenvalue weighted by Gasteiger charge is -2.34. The summed E-state index contributed by atoms with van der Waals surface area (Å²) in [7, 11) is 2.08. The number of thiophene rings is 1. The Kier molecular flexibility index (Phi) is 5.07. The molecule has 2 rings (SSSR count). The summed E-state index contributed by atoms with van der Waals surface area (Å²) in [6.07, 6.45) is 5.49. The van der Waals surface area contributed by atoms with Gasteiger partial charge in [-0.3, -0.25) is 0 Å². The van der Waals surface area contributed by atoms with Gasteiger partial charge in [0.25, 0.3) is 0 Å². The quantitative estimate of drug-likeness (QED) is 0.872. The van der Waals surface area contributed by atoms with Crippen molar-refractivity contribution in [1.82, 2.24) is 5.32 Å². The molecule has 0 saturated heterocycles. The van der Waals surface area contributed by atoms with Crippen LogP contribution in [-0.4, -0.2) is 13.6 Å². The van der Waals surface area contributed by atoms with Crippen LogP contribution in [0, 0.1) is 17.8 Å². The average molecular weight is 316 g/mol. The van der Waals surface area contributed by atoms with Gasteiger partial charge in [0.1, 0.15) is 0 Å². The van der Waals surface area contributed by atoms with Crippen molar-refractivity contribution < 1.29 is 0 Å². The standard InChI is InChI=1S/C14H22BrNS/c1-10-3-4-11(8-16-2)12(5-10)6-14-7-13(15)9-17-14/h7,9-12,16H,3-6,8H2,1-2H3. The van der Waals surface area contributed by atoms with Crippen molar-refractivity contribution in [3.8, 4) is 0 Å². The largest absolute Gasteiger partial charge is 0.319 e. The highest BCUT2D eigenvalue weighted by Gasteiger charge is 2.28. The summed E-state index contributed by atoms with van der Waals surface area (Å²) in [5.74, 6) is 2.66. The second-order valence-corrected chi connectivity index (χ2v) is 7.34. The Balaban J connectivity index is 1.99. The van der Waals surface area contributed by atoms with Crippen LogP contribution in [0.15, 0.2) is 15.9 Å². The van der Waals surface area contributed by atoms with E-state index in [0.29, 0.717) is 0 Å². The van der Waals surface area contributed by atoms with E-state index in [1.165, 1.54) is 41.6 Å². The van der Waals surface area contributed by atoms with E-state index in [0.717, 1.165) is 17.8 Å². The molecule has 1 nitrogen and oxygen atoms in total. The van der Waals surface area contributed by atoms with Crippen LogP contribution in [0.1, 0.15) is 31.1 Å². The Morgan fingerprint density at radius 2 is 2.24 bits per heavy atom. The van der Waals surface area contributed by atoms with Crippen molar-refractivity contribution >= 4 is 27.3 Å². The highest BCUT2D eigenvalue weighted by atomic mass is 79.9. The average Bonchev–Trinajstić information content (AvgIpc) is 2.68. The molecule has 96 valence electrons. The van der Waals surface area contributed by atoms with Gasteiger partial charge in [-0.05, 0) is 72.6 Å². The van der Waals surface area contributed by atoms with Crippen LogP contribution in [0.25, 0.3) is 0 Å². The van der Waals surface area contributed by atoms with Crippen LogP contribution < -0.4 is 5.32 Å². The first kappa shape index (κ1) is 13.6. The fraction of sp³-hybridized carbons (Fsp3) is 0.714. The van der Waals surface area contributed by atoms with Crippen molar-refractivity contribution in [3.63, 3.8) is 0 Å². The zero-order valence-corrected chi connectivity index (χ0v) is 13.1. The number of nitrogens with one attached hydrogen (secondary N) is 1. The summed E-state index contributed by atoms with van der Waals surface area (Å²) < 4.78 is 1.24. The zero-order valence-electron chi connectivity index (χ0n) is 10.7. The molecule has 1 saturated carbocycles. The minimum Gasteiger partial charge on any atom is -0.319 e. The summed E-state index contributed by atoms with van der Waals surface area (Å²) in [5, 5.41) is 5.57. The van der Waals surface area contributed by atoms with Gasteiger partial charge in [-0.1, -0.05) is 13.3 Å². The van der Waals surface area contributed by atoms with Crippen LogP contribution in [0.2, 0.25) is 0 Å². The van der Waals surface area contributed by atoms with Gasteiger partial charge < -0.3 is 5.32 Å². The molecule has 1 aromatic heterocycles. The molecule has 1 heterocycles. The molecule has 3 atom stereocenters. The number of hydrogen-bond donors (Lipinski definition) is 1. The van der Waals surface area contributed by atoms with E-state index in [-0.39, 0.29) is 0 Å². The zero-order chi connectivity index (χ0) is 12.3. The van der Waals surface area contributed by atoms with E-state index in [1.807, 2.05) is 11.3 Å². The van der Waals surface area contributed by atoms with Crippen molar-refractivity contribution in [2.24, 2.45) is 17.8 Å². The lowest BCUT2D eigenvalue weighted by atomic mass is 9.73. The summed E-state index contributed by atoms with van der Waals surface area (Å²) in [4.78, 5) is 1.54. The van der Waals surface area contributed by atoms with Gasteiger partial charge in [-0.2, -0.15) is 0 Å².